The van der Waals surface area contributed by atoms with Gasteiger partial charge < -0.3 is 19.1 Å². The summed E-state index contributed by atoms with van der Waals surface area (Å²) >= 11 is 0. The van der Waals surface area contributed by atoms with E-state index in [2.05, 4.69) is 71.0 Å². The molecule has 1 aliphatic rings. The van der Waals surface area contributed by atoms with Gasteiger partial charge in [-0.25, -0.2) is 0 Å². The summed E-state index contributed by atoms with van der Waals surface area (Å²) in [5.74, 6) is 2.03. The molecule has 1 N–H and O–H groups in total. The highest BCUT2D eigenvalue weighted by atomic mass is 16.5. The minimum atomic E-state index is 0.265. The van der Waals surface area contributed by atoms with Crippen molar-refractivity contribution in [3.05, 3.63) is 114 Å². The lowest BCUT2D eigenvalue weighted by Crippen LogP contribution is -2.33. The number of nitrogens with zero attached hydrogens (tertiary/aromatic N) is 2. The topological polar surface area (TPSA) is 46.9 Å². The van der Waals surface area contributed by atoms with Crippen LogP contribution in [0.5, 0.6) is 17.2 Å². The number of piperidine rings is 1. The summed E-state index contributed by atoms with van der Waals surface area (Å²) in [6, 6.07) is 32.6. The summed E-state index contributed by atoms with van der Waals surface area (Å²) in [6.07, 6.45) is 3.96. The van der Waals surface area contributed by atoms with Crippen LogP contribution in [-0.4, -0.2) is 40.8 Å². The highest BCUT2D eigenvalue weighted by molar-refractivity contribution is 5.92. The van der Waals surface area contributed by atoms with Crippen molar-refractivity contribution in [2.75, 3.05) is 26.2 Å². The maximum absolute atomic E-state index is 9.93. The highest BCUT2D eigenvalue weighted by Crippen LogP contribution is 2.36. The first-order valence-corrected chi connectivity index (χ1v) is 14.7. The van der Waals surface area contributed by atoms with Crippen molar-refractivity contribution >= 4 is 10.9 Å². The van der Waals surface area contributed by atoms with Gasteiger partial charge >= 0.3 is 0 Å². The zero-order valence-electron chi connectivity index (χ0n) is 23.8. The molecule has 1 fully saturated rings. The molecule has 0 unspecified atom stereocenters. The van der Waals surface area contributed by atoms with Crippen LogP contribution < -0.4 is 9.47 Å². The van der Waals surface area contributed by atoms with Gasteiger partial charge in [-0.3, -0.25) is 4.90 Å². The predicted molar refractivity (Wildman–Crippen MR) is 166 cm³/mol. The number of aryl methyl sites for hydroxylation is 1. The number of aromatic hydroxyl groups is 1. The number of aromatic nitrogens is 1. The standard InChI is InChI=1S/C36H38N2O3/c1-27-34-24-33(41-26-29-8-4-2-5-9-29)18-19-35(34)38(36(27)30-12-14-31(39)15-13-30)25-28-10-16-32(17-11-28)40-23-22-37-20-6-3-7-21-37/h2,4-5,8-19,24,39H,3,6-7,20-23,25-26H2,1H3. The molecule has 41 heavy (non-hydrogen) atoms. The van der Waals surface area contributed by atoms with Crippen LogP contribution in [0.3, 0.4) is 0 Å². The second-order valence-corrected chi connectivity index (χ2v) is 11.0. The Labute approximate surface area is 242 Å². The molecule has 5 nitrogen and oxygen atoms in total. The number of fused-ring (bicyclic) bond motifs is 1. The third-order valence-electron chi connectivity index (χ3n) is 8.07. The van der Waals surface area contributed by atoms with E-state index >= 15 is 0 Å². The molecule has 1 aliphatic heterocycles. The van der Waals surface area contributed by atoms with E-state index < -0.39 is 0 Å². The number of ether oxygens (including phenoxy) is 2. The van der Waals surface area contributed by atoms with E-state index in [-0.39, 0.29) is 5.75 Å². The second kappa shape index (κ2) is 12.5. The number of phenols is 1. The molecule has 4 aromatic carbocycles. The van der Waals surface area contributed by atoms with Crippen LogP contribution in [-0.2, 0) is 13.2 Å². The van der Waals surface area contributed by atoms with Crippen molar-refractivity contribution in [2.24, 2.45) is 0 Å². The van der Waals surface area contributed by atoms with Crippen LogP contribution in [0.2, 0.25) is 0 Å². The van der Waals surface area contributed by atoms with Crippen LogP contribution in [0, 0.1) is 6.92 Å². The van der Waals surface area contributed by atoms with E-state index in [1.165, 1.54) is 43.5 Å². The maximum atomic E-state index is 9.93. The Hall–Kier alpha value is -4.22. The quantitative estimate of drug-likeness (QED) is 0.194. The SMILES string of the molecule is Cc1c(-c2ccc(O)cc2)n(Cc2ccc(OCCN3CCCCC3)cc2)c2ccc(OCc3ccccc3)cc12. The van der Waals surface area contributed by atoms with Crippen LogP contribution in [0.15, 0.2) is 97.1 Å². The monoisotopic (exact) mass is 546 g/mol. The van der Waals surface area contributed by atoms with E-state index in [1.807, 2.05) is 30.3 Å². The second-order valence-electron chi connectivity index (χ2n) is 11.0. The van der Waals surface area contributed by atoms with Crippen molar-refractivity contribution in [3.63, 3.8) is 0 Å². The van der Waals surface area contributed by atoms with E-state index in [1.54, 1.807) is 12.1 Å². The molecule has 5 aromatic rings. The molecule has 0 atom stereocenters. The predicted octanol–water partition coefficient (Wildman–Crippen LogP) is 7.81. The Balaban J connectivity index is 1.24. The van der Waals surface area contributed by atoms with Gasteiger partial charge in [0.25, 0.3) is 0 Å². The molecule has 0 bridgehead atoms. The zero-order chi connectivity index (χ0) is 28.0. The van der Waals surface area contributed by atoms with Crippen LogP contribution in [0.1, 0.15) is 36.0 Å². The molecular weight excluding hydrogens is 508 g/mol. The number of phenolic OH excluding ortho intramolecular Hbond substituents is 1. The number of hydrogen-bond acceptors (Lipinski definition) is 4. The van der Waals surface area contributed by atoms with E-state index in [0.29, 0.717) is 6.61 Å². The van der Waals surface area contributed by atoms with Gasteiger partial charge in [0.05, 0.1) is 5.69 Å². The Bertz CT molecular complexity index is 1570. The average Bonchev–Trinajstić information content (AvgIpc) is 3.28. The summed E-state index contributed by atoms with van der Waals surface area (Å²) in [5, 5.41) is 11.1. The first-order chi connectivity index (χ1) is 20.1. The fraction of sp³-hybridized carbons (Fsp3) is 0.278. The molecule has 1 aromatic heterocycles. The molecule has 0 spiro atoms. The summed E-state index contributed by atoms with van der Waals surface area (Å²) in [6.45, 7) is 7.51. The Kier molecular flexibility index (Phi) is 8.24. The van der Waals surface area contributed by atoms with Gasteiger partial charge in [0, 0.05) is 24.0 Å². The zero-order valence-corrected chi connectivity index (χ0v) is 23.8. The van der Waals surface area contributed by atoms with Gasteiger partial charge in [0.2, 0.25) is 0 Å². The Morgan fingerprint density at radius 3 is 2.22 bits per heavy atom. The number of hydrogen-bond donors (Lipinski definition) is 1. The minimum Gasteiger partial charge on any atom is -0.508 e. The van der Waals surface area contributed by atoms with Crippen molar-refractivity contribution < 1.29 is 14.6 Å². The highest BCUT2D eigenvalue weighted by Gasteiger charge is 2.17. The molecular formula is C36H38N2O3. The van der Waals surface area contributed by atoms with Gasteiger partial charge in [0.15, 0.2) is 0 Å². The largest absolute Gasteiger partial charge is 0.508 e. The molecule has 6 rings (SSSR count). The summed E-state index contributed by atoms with van der Waals surface area (Å²) < 4.78 is 14.6. The summed E-state index contributed by atoms with van der Waals surface area (Å²) in [7, 11) is 0. The molecule has 2 heterocycles. The first kappa shape index (κ1) is 27.0. The molecule has 5 heteroatoms. The van der Waals surface area contributed by atoms with E-state index in [9.17, 15) is 5.11 Å². The molecule has 210 valence electrons. The van der Waals surface area contributed by atoms with Gasteiger partial charge in [-0.2, -0.15) is 0 Å². The fourth-order valence-electron chi connectivity index (χ4n) is 5.84. The van der Waals surface area contributed by atoms with Crippen LogP contribution in [0.25, 0.3) is 22.2 Å². The molecule has 0 aliphatic carbocycles. The Morgan fingerprint density at radius 2 is 1.46 bits per heavy atom. The van der Waals surface area contributed by atoms with Gasteiger partial charge in [0.1, 0.15) is 30.5 Å². The van der Waals surface area contributed by atoms with Crippen LogP contribution >= 0.6 is 0 Å². The van der Waals surface area contributed by atoms with Crippen LogP contribution in [0.4, 0.5) is 0 Å². The van der Waals surface area contributed by atoms with Gasteiger partial charge in [-0.05, 0) is 110 Å². The number of rotatable bonds is 10. The van der Waals surface area contributed by atoms with Crippen molar-refractivity contribution in [2.45, 2.75) is 39.3 Å². The van der Waals surface area contributed by atoms with Gasteiger partial charge in [-0.15, -0.1) is 0 Å². The molecule has 0 amide bonds. The molecule has 0 radical (unpaired) electrons. The number of likely N-dealkylation sites (tertiary alicyclic amines) is 1. The summed E-state index contributed by atoms with van der Waals surface area (Å²) in [4.78, 5) is 2.50. The smallest absolute Gasteiger partial charge is 0.120 e. The normalized spacial score (nSPS) is 13.9. The third kappa shape index (κ3) is 6.41. The lowest BCUT2D eigenvalue weighted by molar-refractivity contribution is 0.183. The summed E-state index contributed by atoms with van der Waals surface area (Å²) in [5.41, 5.74) is 6.90. The average molecular weight is 547 g/mol. The Morgan fingerprint density at radius 1 is 0.732 bits per heavy atom. The number of benzene rings is 4. The fourth-order valence-corrected chi connectivity index (χ4v) is 5.84. The molecule has 0 saturated carbocycles. The van der Waals surface area contributed by atoms with Crippen molar-refractivity contribution in [1.29, 1.82) is 0 Å². The lowest BCUT2D eigenvalue weighted by atomic mass is 10.1. The van der Waals surface area contributed by atoms with Crippen molar-refractivity contribution in [3.8, 4) is 28.5 Å². The minimum absolute atomic E-state index is 0.265. The van der Waals surface area contributed by atoms with E-state index in [0.717, 1.165) is 58.9 Å². The van der Waals surface area contributed by atoms with Gasteiger partial charge in [-0.1, -0.05) is 48.9 Å². The first-order valence-electron chi connectivity index (χ1n) is 14.7. The van der Waals surface area contributed by atoms with Crippen molar-refractivity contribution in [1.82, 2.24) is 9.47 Å². The molecule has 1 saturated heterocycles. The third-order valence-corrected chi connectivity index (χ3v) is 8.07. The lowest BCUT2D eigenvalue weighted by Gasteiger charge is -2.26. The maximum Gasteiger partial charge on any atom is 0.120 e. The van der Waals surface area contributed by atoms with E-state index in [4.69, 9.17) is 9.47 Å².